The van der Waals surface area contributed by atoms with Crippen molar-refractivity contribution in [3.63, 3.8) is 0 Å². The molecule has 0 unspecified atom stereocenters. The van der Waals surface area contributed by atoms with Gasteiger partial charge in [-0.25, -0.2) is 19.0 Å². The van der Waals surface area contributed by atoms with Gasteiger partial charge in [-0.3, -0.25) is 9.63 Å². The summed E-state index contributed by atoms with van der Waals surface area (Å²) in [7, 11) is 0. The molecule has 1 heterocycles. The van der Waals surface area contributed by atoms with E-state index in [-0.39, 0.29) is 12.3 Å². The number of esters is 1. The Hall–Kier alpha value is -2.94. The minimum Gasteiger partial charge on any atom is -0.479 e. The van der Waals surface area contributed by atoms with Crippen molar-refractivity contribution in [3.8, 4) is 0 Å². The quantitative estimate of drug-likeness (QED) is 0.468. The van der Waals surface area contributed by atoms with Crippen LogP contribution in [-0.2, 0) is 35.2 Å². The van der Waals surface area contributed by atoms with E-state index in [1.165, 1.54) is 38.1 Å². The van der Waals surface area contributed by atoms with E-state index in [1.807, 2.05) is 0 Å². The molecule has 25 heavy (non-hydrogen) atoms. The first-order chi connectivity index (χ1) is 11.7. The van der Waals surface area contributed by atoms with Crippen LogP contribution in [0.1, 0.15) is 19.4 Å². The summed E-state index contributed by atoms with van der Waals surface area (Å²) >= 11 is 0. The number of cyclic esters (lactones) is 1. The molecular formula is C16H16FNO7. The standard InChI is InChI=1S/C16H16FNO7/c1-16(2)24-12(15(22)25-16)7-13(19)18(23-9-14(20)21)8-10-3-5-11(17)6-4-10/h3-7H,8-9H2,1-2H3,(H,20,21)/b12-7-. The molecule has 1 N–H and O–H groups in total. The van der Waals surface area contributed by atoms with Crippen LogP contribution >= 0.6 is 0 Å². The zero-order chi connectivity index (χ0) is 18.6. The van der Waals surface area contributed by atoms with Crippen LogP contribution in [0.5, 0.6) is 0 Å². The van der Waals surface area contributed by atoms with Gasteiger partial charge in [-0.05, 0) is 17.7 Å². The first-order valence-corrected chi connectivity index (χ1v) is 7.21. The number of aliphatic carboxylic acids is 1. The molecule has 0 aromatic heterocycles. The molecule has 9 heteroatoms. The van der Waals surface area contributed by atoms with Gasteiger partial charge in [0.1, 0.15) is 5.82 Å². The highest BCUT2D eigenvalue weighted by Crippen LogP contribution is 2.26. The summed E-state index contributed by atoms with van der Waals surface area (Å²) in [6.45, 7) is 2.06. The van der Waals surface area contributed by atoms with Gasteiger partial charge in [0.15, 0.2) is 6.61 Å². The molecule has 134 valence electrons. The molecule has 0 saturated carbocycles. The van der Waals surface area contributed by atoms with Crippen molar-refractivity contribution in [3.05, 3.63) is 47.5 Å². The van der Waals surface area contributed by atoms with E-state index in [1.54, 1.807) is 0 Å². The fraction of sp³-hybridized carbons (Fsp3) is 0.312. The summed E-state index contributed by atoms with van der Waals surface area (Å²) in [5, 5.41) is 9.45. The van der Waals surface area contributed by atoms with Crippen molar-refractivity contribution in [2.45, 2.75) is 26.2 Å². The zero-order valence-corrected chi connectivity index (χ0v) is 13.5. The Balaban J connectivity index is 2.16. The number of carbonyl (C=O) groups excluding carboxylic acids is 2. The number of ether oxygens (including phenoxy) is 2. The number of halogens is 1. The van der Waals surface area contributed by atoms with Crippen LogP contribution in [0.25, 0.3) is 0 Å². The normalized spacial score (nSPS) is 17.1. The molecule has 1 saturated heterocycles. The lowest BCUT2D eigenvalue weighted by Crippen LogP contribution is -2.32. The van der Waals surface area contributed by atoms with E-state index in [0.717, 1.165) is 11.1 Å². The summed E-state index contributed by atoms with van der Waals surface area (Å²) in [5.74, 6) is -4.92. The average molecular weight is 353 g/mol. The molecule has 0 radical (unpaired) electrons. The zero-order valence-electron chi connectivity index (χ0n) is 13.5. The number of rotatable bonds is 6. The topological polar surface area (TPSA) is 102 Å². The Kier molecular flexibility index (Phi) is 5.38. The molecular weight excluding hydrogens is 337 g/mol. The Morgan fingerprint density at radius 2 is 1.92 bits per heavy atom. The monoisotopic (exact) mass is 353 g/mol. The molecule has 2 rings (SSSR count). The number of carboxylic acid groups (broad SMARTS) is 1. The first-order valence-electron chi connectivity index (χ1n) is 7.21. The number of carbonyl (C=O) groups is 3. The largest absolute Gasteiger partial charge is 0.479 e. The Morgan fingerprint density at radius 3 is 2.44 bits per heavy atom. The molecule has 0 bridgehead atoms. The van der Waals surface area contributed by atoms with Gasteiger partial charge in [0, 0.05) is 13.8 Å². The third kappa shape index (κ3) is 5.28. The van der Waals surface area contributed by atoms with Crippen LogP contribution in [0.15, 0.2) is 36.1 Å². The van der Waals surface area contributed by atoms with Gasteiger partial charge < -0.3 is 14.6 Å². The van der Waals surface area contributed by atoms with E-state index in [2.05, 4.69) is 0 Å². The summed E-state index contributed by atoms with van der Waals surface area (Å²) in [6.07, 6.45) is 0.850. The van der Waals surface area contributed by atoms with Gasteiger partial charge >= 0.3 is 11.9 Å². The maximum absolute atomic E-state index is 13.0. The Bertz CT molecular complexity index is 712. The predicted molar refractivity (Wildman–Crippen MR) is 79.9 cm³/mol. The van der Waals surface area contributed by atoms with Crippen molar-refractivity contribution in [2.24, 2.45) is 0 Å². The lowest BCUT2D eigenvalue weighted by atomic mass is 10.2. The van der Waals surface area contributed by atoms with Crippen molar-refractivity contribution >= 4 is 17.8 Å². The minimum absolute atomic E-state index is 0.158. The van der Waals surface area contributed by atoms with Crippen LogP contribution in [0, 0.1) is 5.82 Å². The Morgan fingerprint density at radius 1 is 1.28 bits per heavy atom. The van der Waals surface area contributed by atoms with E-state index in [4.69, 9.17) is 19.4 Å². The fourth-order valence-corrected chi connectivity index (χ4v) is 1.95. The first kappa shape index (κ1) is 18.4. The van der Waals surface area contributed by atoms with Gasteiger partial charge in [0.2, 0.25) is 11.5 Å². The van der Waals surface area contributed by atoms with Crippen LogP contribution in [0.3, 0.4) is 0 Å². The molecule has 1 aromatic carbocycles. The average Bonchev–Trinajstić information content (AvgIpc) is 2.77. The second-order valence-electron chi connectivity index (χ2n) is 5.57. The summed E-state index contributed by atoms with van der Waals surface area (Å²) < 4.78 is 23.0. The molecule has 1 aliphatic rings. The van der Waals surface area contributed by atoms with Crippen molar-refractivity contribution < 1.29 is 38.2 Å². The van der Waals surface area contributed by atoms with Crippen LogP contribution in [0.2, 0.25) is 0 Å². The van der Waals surface area contributed by atoms with Gasteiger partial charge in [-0.15, -0.1) is 0 Å². The van der Waals surface area contributed by atoms with Crippen molar-refractivity contribution in [2.75, 3.05) is 6.61 Å². The minimum atomic E-state index is -1.29. The SMILES string of the molecule is CC1(C)OC(=O)/C(=C/C(=O)N(Cc2ccc(F)cc2)OCC(=O)O)O1. The Labute approximate surface area is 142 Å². The number of hydroxylamine groups is 2. The molecule has 1 aromatic rings. The second-order valence-corrected chi connectivity index (χ2v) is 5.57. The summed E-state index contributed by atoms with van der Waals surface area (Å²) in [6, 6.07) is 5.20. The molecule has 1 amide bonds. The maximum Gasteiger partial charge on any atom is 0.377 e. The van der Waals surface area contributed by atoms with E-state index in [9.17, 15) is 18.8 Å². The van der Waals surface area contributed by atoms with Gasteiger partial charge in [-0.1, -0.05) is 12.1 Å². The molecule has 1 aliphatic heterocycles. The highest BCUT2D eigenvalue weighted by Gasteiger charge is 2.38. The van der Waals surface area contributed by atoms with Gasteiger partial charge in [0.25, 0.3) is 5.91 Å². The third-order valence-electron chi connectivity index (χ3n) is 2.98. The highest BCUT2D eigenvalue weighted by atomic mass is 19.1. The predicted octanol–water partition coefficient (Wildman–Crippen LogP) is 1.36. The fourth-order valence-electron chi connectivity index (χ4n) is 1.95. The van der Waals surface area contributed by atoms with Crippen molar-refractivity contribution in [1.82, 2.24) is 5.06 Å². The van der Waals surface area contributed by atoms with Crippen LogP contribution < -0.4 is 0 Å². The lowest BCUT2D eigenvalue weighted by molar-refractivity contribution is -0.192. The molecule has 0 spiro atoms. The number of amides is 1. The van der Waals surface area contributed by atoms with E-state index in [0.29, 0.717) is 5.56 Å². The molecule has 1 fully saturated rings. The van der Waals surface area contributed by atoms with E-state index < -0.39 is 36.1 Å². The second kappa shape index (κ2) is 7.31. The van der Waals surface area contributed by atoms with Crippen molar-refractivity contribution in [1.29, 1.82) is 0 Å². The number of nitrogens with zero attached hydrogens (tertiary/aromatic N) is 1. The van der Waals surface area contributed by atoms with E-state index >= 15 is 0 Å². The summed E-state index contributed by atoms with van der Waals surface area (Å²) in [4.78, 5) is 39.6. The number of hydrogen-bond acceptors (Lipinski definition) is 6. The van der Waals surface area contributed by atoms with Crippen LogP contribution in [-0.4, -0.2) is 40.4 Å². The molecule has 0 atom stereocenters. The molecule has 8 nitrogen and oxygen atoms in total. The van der Waals surface area contributed by atoms with Crippen LogP contribution in [0.4, 0.5) is 4.39 Å². The maximum atomic E-state index is 13.0. The number of carboxylic acids is 1. The smallest absolute Gasteiger partial charge is 0.377 e. The van der Waals surface area contributed by atoms with Gasteiger partial charge in [0.05, 0.1) is 12.6 Å². The molecule has 0 aliphatic carbocycles. The van der Waals surface area contributed by atoms with Gasteiger partial charge in [-0.2, -0.15) is 0 Å². The summed E-state index contributed by atoms with van der Waals surface area (Å²) in [5.41, 5.74) is 0.494. The highest BCUT2D eigenvalue weighted by molar-refractivity contribution is 5.97. The lowest BCUT2D eigenvalue weighted by Gasteiger charge is -2.20. The number of benzene rings is 1. The number of hydrogen-bond donors (Lipinski definition) is 1. The third-order valence-corrected chi connectivity index (χ3v) is 2.98.